The Bertz CT molecular complexity index is 554. The van der Waals surface area contributed by atoms with Crippen LogP contribution in [0.3, 0.4) is 0 Å². The first-order valence-electron chi connectivity index (χ1n) is 6.92. The van der Waals surface area contributed by atoms with Crippen LogP contribution in [0.2, 0.25) is 0 Å². The molecule has 0 saturated carbocycles. The predicted octanol–water partition coefficient (Wildman–Crippen LogP) is 0.790. The fourth-order valence-electron chi connectivity index (χ4n) is 2.31. The summed E-state index contributed by atoms with van der Waals surface area (Å²) in [6.07, 6.45) is 0. The van der Waals surface area contributed by atoms with Crippen molar-refractivity contribution >= 4 is 55.3 Å². The first-order chi connectivity index (χ1) is 10.9. The first-order valence-corrected chi connectivity index (χ1v) is 13.6. The summed E-state index contributed by atoms with van der Waals surface area (Å²) in [6, 6.07) is 33.0. The van der Waals surface area contributed by atoms with Crippen LogP contribution >= 0.6 is 23.2 Å². The molecule has 23 heavy (non-hydrogen) atoms. The second-order valence-corrected chi connectivity index (χ2v) is 14.9. The minimum absolute atomic E-state index is 0. The van der Waals surface area contributed by atoms with Crippen molar-refractivity contribution in [1.29, 1.82) is 0 Å². The van der Waals surface area contributed by atoms with E-state index in [4.69, 9.17) is 0 Å². The molecule has 0 amide bonds. The normalized spacial score (nSPS) is 9.52. The molecule has 0 atom stereocenters. The average molecular weight is 529 g/mol. The summed E-state index contributed by atoms with van der Waals surface area (Å²) in [6.45, 7) is 0. The van der Waals surface area contributed by atoms with Gasteiger partial charge in [-0.15, -0.1) is 0 Å². The van der Waals surface area contributed by atoms with Crippen molar-refractivity contribution in [3.8, 4) is 0 Å². The maximum atomic E-state index is 4.64. The molecule has 0 saturated heterocycles. The summed E-state index contributed by atoms with van der Waals surface area (Å²) in [5, 5.41) is 0.944. The van der Waals surface area contributed by atoms with Crippen LogP contribution in [0.15, 0.2) is 91.0 Å². The third-order valence-corrected chi connectivity index (χ3v) is 13.8. The van der Waals surface area contributed by atoms with Crippen LogP contribution in [0.25, 0.3) is 0 Å². The Hall–Kier alpha value is -0.241. The zero-order chi connectivity index (χ0) is 15.6. The van der Waals surface area contributed by atoms with Crippen molar-refractivity contribution in [2.24, 2.45) is 0 Å². The van der Waals surface area contributed by atoms with E-state index >= 15 is 0 Å². The molecule has 0 nitrogen and oxygen atoms in total. The Morgan fingerprint density at radius 3 is 0.957 bits per heavy atom. The average Bonchev–Trinajstić information content (AvgIpc) is 2.59. The summed E-state index contributed by atoms with van der Waals surface area (Å²) < 4.78 is 4.64. The molecule has 111 valence electrons. The van der Waals surface area contributed by atoms with E-state index in [-0.39, 0.29) is 18.9 Å². The van der Waals surface area contributed by atoms with Crippen molar-refractivity contribution < 1.29 is 18.9 Å². The van der Waals surface area contributed by atoms with Crippen molar-refractivity contribution in [3.05, 3.63) is 96.3 Å². The second kappa shape index (κ2) is 12.2. The molecule has 0 aliphatic carbocycles. The zero-order valence-corrected chi connectivity index (χ0v) is 18.4. The topological polar surface area (TPSA) is 0 Å². The van der Waals surface area contributed by atoms with Gasteiger partial charge < -0.3 is 23.2 Å². The molecule has 0 heterocycles. The zero-order valence-electron chi connectivity index (χ0n) is 13.0. The van der Waals surface area contributed by atoms with E-state index in [1.165, 1.54) is 0 Å². The minimum atomic E-state index is -2.17. The van der Waals surface area contributed by atoms with E-state index in [1.807, 2.05) is 0 Å². The van der Waals surface area contributed by atoms with Crippen molar-refractivity contribution in [2.45, 2.75) is 0 Å². The van der Waals surface area contributed by atoms with Crippen LogP contribution in [0, 0.1) is 5.34 Å². The standard InChI is InChI=1S/3C6H5.CHCl2.Li.Pb/c3*1-2-4-6-5-3-1;2-1-3;;/h3*1-5H;1H;;/q;;;-1;+1;. The molecule has 3 rings (SSSR count). The molecule has 0 unspecified atom stereocenters. The molecule has 0 fully saturated rings. The quantitative estimate of drug-likeness (QED) is 0.348. The molecule has 0 aromatic heterocycles. The van der Waals surface area contributed by atoms with Crippen LogP contribution in [0.4, 0.5) is 0 Å². The SMILES string of the molecule is Cl[CH-]Cl.[Li+].c1cc[c]([Pb]([c]2ccccc2)[c]2ccccc2)cc1. The van der Waals surface area contributed by atoms with Crippen LogP contribution in [-0.4, -0.2) is 22.7 Å². The van der Waals surface area contributed by atoms with E-state index in [2.05, 4.69) is 114 Å². The van der Waals surface area contributed by atoms with Gasteiger partial charge in [0.1, 0.15) is 0 Å². The molecule has 0 spiro atoms. The van der Waals surface area contributed by atoms with Crippen LogP contribution in [-0.2, 0) is 0 Å². The Balaban J connectivity index is 0.000000615. The molecular formula is C19H16Cl2LiPb. The van der Waals surface area contributed by atoms with Gasteiger partial charge in [-0.2, -0.15) is 5.34 Å². The monoisotopic (exact) mass is 529 g/mol. The van der Waals surface area contributed by atoms with E-state index in [0.29, 0.717) is 0 Å². The van der Waals surface area contributed by atoms with Gasteiger partial charge in [-0.3, -0.25) is 0 Å². The number of rotatable bonds is 3. The summed E-state index contributed by atoms with van der Waals surface area (Å²) in [5.74, 6) is 0. The molecular weight excluding hydrogens is 513 g/mol. The van der Waals surface area contributed by atoms with E-state index in [9.17, 15) is 0 Å². The summed E-state index contributed by atoms with van der Waals surface area (Å²) in [4.78, 5) is 0. The summed E-state index contributed by atoms with van der Waals surface area (Å²) in [5.41, 5.74) is 0. The third kappa shape index (κ3) is 6.64. The Morgan fingerprint density at radius 2 is 0.739 bits per heavy atom. The number of benzene rings is 3. The molecule has 0 N–H and O–H groups in total. The number of hydrogen-bond donors (Lipinski definition) is 0. The molecule has 0 aliphatic rings. The molecule has 0 aliphatic heterocycles. The van der Waals surface area contributed by atoms with Gasteiger partial charge >= 0.3 is 142 Å². The molecule has 3 aromatic rings. The van der Waals surface area contributed by atoms with Gasteiger partial charge in [0.2, 0.25) is 0 Å². The van der Waals surface area contributed by atoms with Gasteiger partial charge in [-0.05, 0) is 0 Å². The first kappa shape index (κ1) is 20.8. The third-order valence-electron chi connectivity index (χ3n) is 3.19. The number of hydrogen-bond acceptors (Lipinski definition) is 0. The number of halogens is 2. The van der Waals surface area contributed by atoms with Crippen LogP contribution in [0.5, 0.6) is 0 Å². The Morgan fingerprint density at radius 1 is 0.522 bits per heavy atom. The van der Waals surface area contributed by atoms with Crippen molar-refractivity contribution in [3.63, 3.8) is 0 Å². The predicted molar refractivity (Wildman–Crippen MR) is 100.0 cm³/mol. The van der Waals surface area contributed by atoms with E-state index in [0.717, 1.165) is 5.34 Å². The molecule has 1 radical (unpaired) electrons. The van der Waals surface area contributed by atoms with Gasteiger partial charge in [0.25, 0.3) is 0 Å². The van der Waals surface area contributed by atoms with Crippen molar-refractivity contribution in [1.82, 2.24) is 0 Å². The van der Waals surface area contributed by atoms with E-state index in [1.54, 1.807) is 9.37 Å². The van der Waals surface area contributed by atoms with Gasteiger partial charge in [0, 0.05) is 0 Å². The Labute approximate surface area is 169 Å². The Kier molecular flexibility index (Phi) is 11.0. The second-order valence-electron chi connectivity index (χ2n) is 4.56. The van der Waals surface area contributed by atoms with Gasteiger partial charge in [0.15, 0.2) is 0 Å². The molecule has 0 bridgehead atoms. The summed E-state index contributed by atoms with van der Waals surface area (Å²) in [7, 11) is 0. The molecule has 4 heteroatoms. The van der Waals surface area contributed by atoms with E-state index < -0.39 is 22.7 Å². The van der Waals surface area contributed by atoms with Gasteiger partial charge in [-0.25, -0.2) is 0 Å². The van der Waals surface area contributed by atoms with Crippen LogP contribution in [0.1, 0.15) is 0 Å². The van der Waals surface area contributed by atoms with Gasteiger partial charge in [-0.1, -0.05) is 0 Å². The summed E-state index contributed by atoms with van der Waals surface area (Å²) >= 11 is 7.11. The van der Waals surface area contributed by atoms with Crippen molar-refractivity contribution in [2.75, 3.05) is 0 Å². The fourth-order valence-corrected chi connectivity index (χ4v) is 12.3. The fraction of sp³-hybridized carbons (Fsp3) is 0. The molecule has 3 aromatic carbocycles. The van der Waals surface area contributed by atoms with Crippen LogP contribution < -0.4 is 28.2 Å². The van der Waals surface area contributed by atoms with Gasteiger partial charge in [0.05, 0.1) is 0 Å². The maximum absolute atomic E-state index is 4.64.